The van der Waals surface area contributed by atoms with Crippen LogP contribution in [0.5, 0.6) is 5.75 Å². The SMILES string of the molecule is CS(=O)(=O)N(Cc1ccccc1Cl)c1ccc(OCC(=O)Nc2cccc(Cl)c2Cl)cc1. The summed E-state index contributed by atoms with van der Waals surface area (Å²) < 4.78 is 31.4. The lowest BCUT2D eigenvalue weighted by Crippen LogP contribution is -2.29. The van der Waals surface area contributed by atoms with Gasteiger partial charge in [-0.1, -0.05) is 59.1 Å². The molecule has 0 saturated heterocycles. The molecule has 1 N–H and O–H groups in total. The molecule has 3 aromatic rings. The van der Waals surface area contributed by atoms with Crippen molar-refractivity contribution in [1.29, 1.82) is 0 Å². The van der Waals surface area contributed by atoms with Crippen molar-refractivity contribution in [2.24, 2.45) is 0 Å². The van der Waals surface area contributed by atoms with Gasteiger partial charge in [0.2, 0.25) is 10.0 Å². The Morgan fingerprint density at radius 1 is 0.938 bits per heavy atom. The van der Waals surface area contributed by atoms with E-state index in [0.717, 1.165) is 6.26 Å². The summed E-state index contributed by atoms with van der Waals surface area (Å²) in [4.78, 5) is 12.2. The highest BCUT2D eigenvalue weighted by Gasteiger charge is 2.19. The fourth-order valence-corrected chi connectivity index (χ4v) is 4.25. The number of anilines is 2. The first-order valence-corrected chi connectivity index (χ1v) is 12.3. The van der Waals surface area contributed by atoms with Gasteiger partial charge in [-0.25, -0.2) is 8.42 Å². The Balaban J connectivity index is 1.67. The van der Waals surface area contributed by atoms with Gasteiger partial charge in [-0.15, -0.1) is 0 Å². The van der Waals surface area contributed by atoms with Crippen LogP contribution in [-0.2, 0) is 21.4 Å². The molecule has 6 nitrogen and oxygen atoms in total. The van der Waals surface area contributed by atoms with Gasteiger partial charge in [0.25, 0.3) is 5.91 Å². The summed E-state index contributed by atoms with van der Waals surface area (Å²) in [5, 5.41) is 3.67. The number of carbonyl (C=O) groups is 1. The molecular weight excluding hydrogens is 495 g/mol. The lowest BCUT2D eigenvalue weighted by Gasteiger charge is -2.23. The molecule has 10 heteroatoms. The number of nitrogens with one attached hydrogen (secondary N) is 1. The molecule has 168 valence electrons. The van der Waals surface area contributed by atoms with E-state index < -0.39 is 15.9 Å². The average molecular weight is 514 g/mol. The minimum Gasteiger partial charge on any atom is -0.484 e. The predicted octanol–water partition coefficient (Wildman–Crippen LogP) is 5.63. The van der Waals surface area contributed by atoms with E-state index >= 15 is 0 Å². The Morgan fingerprint density at radius 2 is 1.59 bits per heavy atom. The van der Waals surface area contributed by atoms with E-state index in [-0.39, 0.29) is 18.2 Å². The molecule has 0 aliphatic rings. The molecule has 0 aromatic heterocycles. The molecule has 0 spiro atoms. The molecule has 0 heterocycles. The van der Waals surface area contributed by atoms with Crippen molar-refractivity contribution in [3.63, 3.8) is 0 Å². The van der Waals surface area contributed by atoms with Gasteiger partial charge in [-0.3, -0.25) is 9.10 Å². The Bertz CT molecular complexity index is 1220. The molecule has 0 saturated carbocycles. The van der Waals surface area contributed by atoms with Crippen LogP contribution in [0.1, 0.15) is 5.56 Å². The number of nitrogens with zero attached hydrogens (tertiary/aromatic N) is 1. The maximum absolute atomic E-state index is 12.4. The van der Waals surface area contributed by atoms with Crippen molar-refractivity contribution in [2.75, 3.05) is 22.5 Å². The van der Waals surface area contributed by atoms with Crippen molar-refractivity contribution >= 4 is 62.1 Å². The van der Waals surface area contributed by atoms with Crippen LogP contribution in [0.25, 0.3) is 0 Å². The number of rotatable bonds is 8. The molecule has 0 unspecified atom stereocenters. The van der Waals surface area contributed by atoms with Crippen molar-refractivity contribution in [3.05, 3.63) is 87.4 Å². The monoisotopic (exact) mass is 512 g/mol. The van der Waals surface area contributed by atoms with Crippen LogP contribution in [-0.4, -0.2) is 27.2 Å². The fraction of sp³-hybridized carbons (Fsp3) is 0.136. The summed E-state index contributed by atoms with van der Waals surface area (Å²) in [6, 6.07) is 18.3. The summed E-state index contributed by atoms with van der Waals surface area (Å²) in [5.74, 6) is -0.0259. The maximum Gasteiger partial charge on any atom is 0.262 e. The normalized spacial score (nSPS) is 11.1. The second-order valence-electron chi connectivity index (χ2n) is 6.79. The van der Waals surface area contributed by atoms with E-state index in [1.54, 1.807) is 66.7 Å². The highest BCUT2D eigenvalue weighted by Crippen LogP contribution is 2.29. The van der Waals surface area contributed by atoms with E-state index in [1.807, 2.05) is 0 Å². The second kappa shape index (κ2) is 10.4. The Kier molecular flexibility index (Phi) is 7.90. The van der Waals surface area contributed by atoms with Crippen LogP contribution in [0, 0.1) is 0 Å². The topological polar surface area (TPSA) is 75.7 Å². The third-order valence-corrected chi connectivity index (χ3v) is 6.72. The molecule has 0 fully saturated rings. The summed E-state index contributed by atoms with van der Waals surface area (Å²) in [7, 11) is -3.57. The van der Waals surface area contributed by atoms with Gasteiger partial charge in [0, 0.05) is 5.02 Å². The number of halogens is 3. The first-order chi connectivity index (χ1) is 15.1. The van der Waals surface area contributed by atoms with Gasteiger partial charge in [0.05, 0.1) is 34.2 Å². The van der Waals surface area contributed by atoms with E-state index in [2.05, 4.69) is 5.32 Å². The van der Waals surface area contributed by atoms with Crippen molar-refractivity contribution in [3.8, 4) is 5.75 Å². The molecule has 3 rings (SSSR count). The fourth-order valence-electron chi connectivity index (χ4n) is 2.83. The van der Waals surface area contributed by atoms with Crippen molar-refractivity contribution < 1.29 is 17.9 Å². The summed E-state index contributed by atoms with van der Waals surface area (Å²) in [6.45, 7) is -0.181. The number of amides is 1. The van der Waals surface area contributed by atoms with E-state index in [4.69, 9.17) is 39.5 Å². The largest absolute Gasteiger partial charge is 0.484 e. The lowest BCUT2D eigenvalue weighted by molar-refractivity contribution is -0.118. The molecular formula is C22H19Cl3N2O4S. The van der Waals surface area contributed by atoms with E-state index in [1.165, 1.54) is 4.31 Å². The van der Waals surface area contributed by atoms with Crippen LogP contribution >= 0.6 is 34.8 Å². The Morgan fingerprint density at radius 3 is 2.25 bits per heavy atom. The molecule has 32 heavy (non-hydrogen) atoms. The first kappa shape index (κ1) is 24.2. The van der Waals surface area contributed by atoms with Gasteiger partial charge in [0.1, 0.15) is 5.75 Å². The zero-order chi connectivity index (χ0) is 23.3. The zero-order valence-electron chi connectivity index (χ0n) is 16.9. The number of hydrogen-bond acceptors (Lipinski definition) is 4. The summed E-state index contributed by atoms with van der Waals surface area (Å²) >= 11 is 18.2. The lowest BCUT2D eigenvalue weighted by atomic mass is 10.2. The highest BCUT2D eigenvalue weighted by molar-refractivity contribution is 7.92. The Labute approximate surface area is 201 Å². The maximum atomic E-state index is 12.4. The minimum absolute atomic E-state index is 0.0848. The molecule has 0 aliphatic carbocycles. The van der Waals surface area contributed by atoms with Crippen LogP contribution < -0.4 is 14.4 Å². The molecule has 0 aliphatic heterocycles. The number of carbonyl (C=O) groups excluding carboxylic acids is 1. The minimum atomic E-state index is -3.57. The molecule has 3 aromatic carbocycles. The van der Waals surface area contributed by atoms with Crippen molar-refractivity contribution in [1.82, 2.24) is 0 Å². The summed E-state index contributed by atoms with van der Waals surface area (Å²) in [5.41, 5.74) is 1.50. The highest BCUT2D eigenvalue weighted by atomic mass is 35.5. The quantitative estimate of drug-likeness (QED) is 0.423. The molecule has 1 amide bonds. The van der Waals surface area contributed by atoms with E-state index in [0.29, 0.717) is 32.7 Å². The Hall–Kier alpha value is -2.45. The number of benzene rings is 3. The van der Waals surface area contributed by atoms with E-state index in [9.17, 15) is 13.2 Å². The van der Waals surface area contributed by atoms with Gasteiger partial charge < -0.3 is 10.1 Å². The van der Waals surface area contributed by atoms with Gasteiger partial charge >= 0.3 is 0 Å². The molecule has 0 radical (unpaired) electrons. The standard InChI is InChI=1S/C22H19Cl3N2O4S/c1-32(29,30)27(13-15-5-2-3-6-18(15)23)16-9-11-17(12-10-16)31-14-21(28)26-20-8-4-7-19(24)22(20)25/h2-12H,13-14H2,1H3,(H,26,28). The summed E-state index contributed by atoms with van der Waals surface area (Å²) in [6.07, 6.45) is 1.12. The average Bonchev–Trinajstić information content (AvgIpc) is 2.74. The molecule has 0 bridgehead atoms. The number of sulfonamides is 1. The van der Waals surface area contributed by atoms with Crippen LogP contribution in [0.15, 0.2) is 66.7 Å². The third kappa shape index (κ3) is 6.29. The number of hydrogen-bond donors (Lipinski definition) is 1. The van der Waals surface area contributed by atoms with Crippen molar-refractivity contribution in [2.45, 2.75) is 6.54 Å². The smallest absolute Gasteiger partial charge is 0.262 e. The van der Waals surface area contributed by atoms with Crippen LogP contribution in [0.4, 0.5) is 11.4 Å². The third-order valence-electron chi connectivity index (χ3n) is 4.39. The number of ether oxygens (including phenoxy) is 1. The van der Waals surface area contributed by atoms with Gasteiger partial charge in [-0.2, -0.15) is 0 Å². The zero-order valence-corrected chi connectivity index (χ0v) is 20.0. The van der Waals surface area contributed by atoms with Crippen LogP contribution in [0.2, 0.25) is 15.1 Å². The second-order valence-corrected chi connectivity index (χ2v) is 9.89. The van der Waals surface area contributed by atoms with Gasteiger partial charge in [-0.05, 0) is 48.0 Å². The van der Waals surface area contributed by atoms with Crippen LogP contribution in [0.3, 0.4) is 0 Å². The first-order valence-electron chi connectivity index (χ1n) is 9.33. The predicted molar refractivity (Wildman–Crippen MR) is 130 cm³/mol. The van der Waals surface area contributed by atoms with Gasteiger partial charge in [0.15, 0.2) is 6.61 Å². The molecule has 0 atom stereocenters.